The fraction of sp³-hybridized carbons (Fsp3) is 0.889. The first kappa shape index (κ1) is 34.0. The molecule has 0 amide bonds. The van der Waals surface area contributed by atoms with Gasteiger partial charge in [-0.1, -0.05) is 76.9 Å². The topological polar surface area (TPSA) is 99.4 Å². The van der Waals surface area contributed by atoms with Crippen LogP contribution in [0.4, 0.5) is 0 Å². The van der Waals surface area contributed by atoms with Gasteiger partial charge in [0.1, 0.15) is 0 Å². The lowest BCUT2D eigenvalue weighted by Gasteiger charge is -2.19. The molecular formula is C27H54N2O5S. The van der Waals surface area contributed by atoms with Gasteiger partial charge in [0.2, 0.25) is 0 Å². The van der Waals surface area contributed by atoms with Crippen LogP contribution in [0.25, 0.3) is 0 Å². The molecule has 2 atom stereocenters. The highest BCUT2D eigenvalue weighted by molar-refractivity contribution is 7.80. The van der Waals surface area contributed by atoms with E-state index in [9.17, 15) is 13.5 Å². The standard InChI is InChI=1S/C25H48N2O.C2H6O4S/c1-4-6-7-8-9-10-11-12-13-14-15-16-17-18-19-20-21-25-26-24(23(3)28)22-27(25)5-2;1-2-6-7(3,4)5/h12-13,23-24,28H,4-11,14-22H2,1-3H3;2H2,1H3,(H,3,4,5)/b13-12-;. The fourth-order valence-electron chi connectivity index (χ4n) is 4.12. The van der Waals surface area contributed by atoms with E-state index in [-0.39, 0.29) is 18.8 Å². The fourth-order valence-corrected chi connectivity index (χ4v) is 4.42. The summed E-state index contributed by atoms with van der Waals surface area (Å²) in [5, 5.41) is 9.76. The molecule has 0 radical (unpaired) electrons. The number of nitrogens with zero attached hydrogens (tertiary/aromatic N) is 2. The van der Waals surface area contributed by atoms with Crippen molar-refractivity contribution in [2.75, 3.05) is 19.7 Å². The van der Waals surface area contributed by atoms with Crippen LogP contribution in [0, 0.1) is 0 Å². The number of aliphatic hydroxyl groups is 1. The highest BCUT2D eigenvalue weighted by Gasteiger charge is 2.26. The molecule has 0 saturated heterocycles. The number of allylic oxidation sites excluding steroid dienone is 2. The maximum atomic E-state index is 9.76. The van der Waals surface area contributed by atoms with Crippen molar-refractivity contribution in [3.63, 3.8) is 0 Å². The van der Waals surface area contributed by atoms with Gasteiger partial charge in [-0.3, -0.25) is 9.55 Å². The molecule has 0 saturated carbocycles. The van der Waals surface area contributed by atoms with E-state index in [0.29, 0.717) is 0 Å². The maximum absolute atomic E-state index is 9.76. The van der Waals surface area contributed by atoms with Crippen molar-refractivity contribution >= 4 is 16.2 Å². The maximum Gasteiger partial charge on any atom is 0.397 e. The predicted molar refractivity (Wildman–Crippen MR) is 147 cm³/mol. The molecule has 2 unspecified atom stereocenters. The van der Waals surface area contributed by atoms with Crippen molar-refractivity contribution in [3.05, 3.63) is 12.2 Å². The van der Waals surface area contributed by atoms with Crippen LogP contribution in [0.2, 0.25) is 0 Å². The molecule has 1 aliphatic heterocycles. The largest absolute Gasteiger partial charge is 0.397 e. The number of likely N-dealkylation sites (N-methyl/N-ethyl adjacent to an activating group) is 1. The summed E-state index contributed by atoms with van der Waals surface area (Å²) in [6.07, 6.45) is 24.5. The van der Waals surface area contributed by atoms with Crippen molar-refractivity contribution in [1.29, 1.82) is 0 Å². The number of unbranched alkanes of at least 4 members (excludes halogenated alkanes) is 12. The minimum absolute atomic E-state index is 0.0289. The summed E-state index contributed by atoms with van der Waals surface area (Å²) in [6, 6.07) is 0.0871. The Labute approximate surface area is 216 Å². The molecule has 208 valence electrons. The number of aliphatic imine (C=N–C) groups is 1. The molecule has 0 aromatic carbocycles. The van der Waals surface area contributed by atoms with Crippen LogP contribution in [0.15, 0.2) is 17.1 Å². The lowest BCUT2D eigenvalue weighted by atomic mass is 10.1. The molecule has 1 rings (SSSR count). The molecule has 7 nitrogen and oxygen atoms in total. The van der Waals surface area contributed by atoms with Gasteiger partial charge in [-0.15, -0.1) is 0 Å². The van der Waals surface area contributed by atoms with E-state index in [2.05, 4.69) is 35.1 Å². The predicted octanol–water partition coefficient (Wildman–Crippen LogP) is 6.72. The summed E-state index contributed by atoms with van der Waals surface area (Å²) < 4.78 is 30.7. The van der Waals surface area contributed by atoms with Crippen molar-refractivity contribution in [3.8, 4) is 0 Å². The third-order valence-corrected chi connectivity index (χ3v) is 6.74. The quantitative estimate of drug-likeness (QED) is 0.105. The molecule has 0 aromatic rings. The lowest BCUT2D eigenvalue weighted by Crippen LogP contribution is -2.32. The van der Waals surface area contributed by atoms with Gasteiger partial charge in [-0.05, 0) is 52.9 Å². The molecular weight excluding hydrogens is 464 g/mol. The van der Waals surface area contributed by atoms with Gasteiger partial charge in [0.05, 0.1) is 24.6 Å². The van der Waals surface area contributed by atoms with Crippen molar-refractivity contribution in [2.45, 2.75) is 136 Å². The molecule has 0 aromatic heterocycles. The Hall–Kier alpha value is -0.960. The highest BCUT2D eigenvalue weighted by atomic mass is 32.3. The van der Waals surface area contributed by atoms with Crippen LogP contribution in [0.1, 0.15) is 124 Å². The summed E-state index contributed by atoms with van der Waals surface area (Å²) in [5.41, 5.74) is 0. The van der Waals surface area contributed by atoms with Crippen LogP contribution in [0.3, 0.4) is 0 Å². The third kappa shape index (κ3) is 20.9. The van der Waals surface area contributed by atoms with Gasteiger partial charge >= 0.3 is 10.4 Å². The summed E-state index contributed by atoms with van der Waals surface area (Å²) in [4.78, 5) is 7.07. The van der Waals surface area contributed by atoms with Gasteiger partial charge in [0, 0.05) is 19.5 Å². The second-order valence-electron chi connectivity index (χ2n) is 9.41. The van der Waals surface area contributed by atoms with Crippen molar-refractivity contribution < 1.29 is 22.3 Å². The zero-order valence-electron chi connectivity index (χ0n) is 23.0. The summed E-state index contributed by atoms with van der Waals surface area (Å²) >= 11 is 0. The van der Waals surface area contributed by atoms with Gasteiger partial charge < -0.3 is 10.0 Å². The van der Waals surface area contributed by atoms with Crippen LogP contribution in [-0.4, -0.2) is 60.7 Å². The van der Waals surface area contributed by atoms with Gasteiger partial charge in [-0.2, -0.15) is 8.42 Å². The Bertz CT molecular complexity index is 650. The Kier molecular flexibility index (Phi) is 21.6. The van der Waals surface area contributed by atoms with Crippen LogP contribution < -0.4 is 0 Å². The number of aliphatic hydroxyl groups excluding tert-OH is 1. The van der Waals surface area contributed by atoms with E-state index in [1.807, 2.05) is 6.92 Å². The molecule has 0 bridgehead atoms. The SMILES string of the molecule is CCCCCCCC/C=C\CCCCCCCCC1=NC(C(C)O)CN1CC.CCOS(=O)(=O)O. The minimum Gasteiger partial charge on any atom is -0.391 e. The Morgan fingerprint density at radius 1 is 0.943 bits per heavy atom. The van der Waals surface area contributed by atoms with E-state index in [4.69, 9.17) is 9.55 Å². The van der Waals surface area contributed by atoms with E-state index < -0.39 is 10.4 Å². The van der Waals surface area contributed by atoms with E-state index in [0.717, 1.165) is 19.5 Å². The Morgan fingerprint density at radius 2 is 1.46 bits per heavy atom. The average molecular weight is 519 g/mol. The first-order valence-electron chi connectivity index (χ1n) is 14.0. The van der Waals surface area contributed by atoms with Crippen molar-refractivity contribution in [2.24, 2.45) is 4.99 Å². The smallest absolute Gasteiger partial charge is 0.391 e. The zero-order chi connectivity index (χ0) is 26.4. The monoisotopic (exact) mass is 518 g/mol. The number of hydrogen-bond donors (Lipinski definition) is 2. The van der Waals surface area contributed by atoms with E-state index >= 15 is 0 Å². The molecule has 0 spiro atoms. The molecule has 35 heavy (non-hydrogen) atoms. The molecule has 8 heteroatoms. The Balaban J connectivity index is 0.00000143. The van der Waals surface area contributed by atoms with Crippen LogP contribution in [-0.2, 0) is 14.6 Å². The lowest BCUT2D eigenvalue weighted by molar-refractivity contribution is 0.160. The van der Waals surface area contributed by atoms with E-state index in [1.165, 1.54) is 103 Å². The van der Waals surface area contributed by atoms with E-state index in [1.54, 1.807) is 0 Å². The number of hydrogen-bond acceptors (Lipinski definition) is 6. The van der Waals surface area contributed by atoms with Gasteiger partial charge in [-0.25, -0.2) is 4.18 Å². The second-order valence-corrected chi connectivity index (χ2v) is 10.5. The third-order valence-electron chi connectivity index (χ3n) is 6.20. The van der Waals surface area contributed by atoms with Gasteiger partial charge in [0.15, 0.2) is 0 Å². The first-order chi connectivity index (χ1) is 16.7. The molecule has 1 heterocycles. The van der Waals surface area contributed by atoms with Crippen LogP contribution >= 0.6 is 0 Å². The summed E-state index contributed by atoms with van der Waals surface area (Å²) in [5.74, 6) is 1.23. The number of amidine groups is 1. The highest BCUT2D eigenvalue weighted by Crippen LogP contribution is 2.17. The van der Waals surface area contributed by atoms with Crippen LogP contribution in [0.5, 0.6) is 0 Å². The van der Waals surface area contributed by atoms with Gasteiger partial charge in [0.25, 0.3) is 0 Å². The first-order valence-corrected chi connectivity index (χ1v) is 15.4. The second kappa shape index (κ2) is 22.3. The minimum atomic E-state index is -4.17. The van der Waals surface area contributed by atoms with Crippen molar-refractivity contribution in [1.82, 2.24) is 4.90 Å². The molecule has 0 aliphatic carbocycles. The molecule has 1 aliphatic rings. The molecule has 2 N–H and O–H groups in total. The summed E-state index contributed by atoms with van der Waals surface area (Å²) in [7, 11) is -4.17. The summed E-state index contributed by atoms with van der Waals surface area (Å²) in [6.45, 7) is 9.66. The zero-order valence-corrected chi connectivity index (χ0v) is 23.8. The normalized spacial score (nSPS) is 16.9. The Morgan fingerprint density at radius 3 is 1.89 bits per heavy atom. The average Bonchev–Trinajstić information content (AvgIpc) is 3.22. The number of rotatable bonds is 20. The molecule has 0 fully saturated rings.